The Balaban J connectivity index is 1.67. The zero-order valence-electron chi connectivity index (χ0n) is 12.0. The molecule has 0 N–H and O–H groups in total. The highest BCUT2D eigenvalue weighted by Gasteiger charge is 2.14. The van der Waals surface area contributed by atoms with E-state index in [1.807, 2.05) is 12.1 Å². The minimum atomic E-state index is 0.498. The molecule has 4 heteroatoms. The first kappa shape index (κ1) is 13.2. The largest absolute Gasteiger partial charge is 0.486 e. The summed E-state index contributed by atoms with van der Waals surface area (Å²) in [5.74, 6) is 2.96. The van der Waals surface area contributed by atoms with Crippen LogP contribution in [0.1, 0.15) is 43.4 Å². The minimum absolute atomic E-state index is 0.498. The summed E-state index contributed by atoms with van der Waals surface area (Å²) in [6, 6.07) is 8.27. The van der Waals surface area contributed by atoms with Crippen molar-refractivity contribution in [1.82, 2.24) is 14.8 Å². The molecule has 0 spiro atoms. The Hall–Kier alpha value is -1.84. The summed E-state index contributed by atoms with van der Waals surface area (Å²) >= 11 is 0. The minimum Gasteiger partial charge on any atom is -0.486 e. The third-order valence-electron chi connectivity index (χ3n) is 3.89. The molecule has 0 saturated heterocycles. The summed E-state index contributed by atoms with van der Waals surface area (Å²) in [6.45, 7) is 3.68. The van der Waals surface area contributed by atoms with Gasteiger partial charge < -0.3 is 9.30 Å². The monoisotopic (exact) mass is 271 g/mol. The highest BCUT2D eigenvalue weighted by molar-refractivity contribution is 5.27. The molecule has 3 rings (SSSR count). The van der Waals surface area contributed by atoms with E-state index in [1.165, 1.54) is 24.8 Å². The van der Waals surface area contributed by atoms with Gasteiger partial charge in [-0.3, -0.25) is 0 Å². The second-order valence-corrected chi connectivity index (χ2v) is 5.28. The lowest BCUT2D eigenvalue weighted by molar-refractivity contribution is 0.288. The summed E-state index contributed by atoms with van der Waals surface area (Å²) in [7, 11) is 0. The average molecular weight is 271 g/mol. The smallest absolute Gasteiger partial charge is 0.171 e. The first-order valence-electron chi connectivity index (χ1n) is 7.49. The molecular weight excluding hydrogens is 250 g/mol. The zero-order chi connectivity index (χ0) is 13.8. The third kappa shape index (κ3) is 2.84. The molecule has 2 aromatic rings. The molecular formula is C16H21N3O. The highest BCUT2D eigenvalue weighted by atomic mass is 16.5. The van der Waals surface area contributed by atoms with Crippen LogP contribution >= 0.6 is 0 Å². The van der Waals surface area contributed by atoms with Gasteiger partial charge in [0.2, 0.25) is 0 Å². The molecule has 0 aliphatic carbocycles. The molecule has 0 bridgehead atoms. The Bertz CT molecular complexity index is 560. The lowest BCUT2D eigenvalue weighted by atomic mass is 10.2. The molecule has 0 radical (unpaired) electrons. The maximum absolute atomic E-state index is 5.83. The van der Waals surface area contributed by atoms with Crippen LogP contribution in [0.3, 0.4) is 0 Å². The maximum Gasteiger partial charge on any atom is 0.171 e. The molecule has 106 valence electrons. The predicted molar refractivity (Wildman–Crippen MR) is 77.7 cm³/mol. The molecule has 0 unspecified atom stereocenters. The van der Waals surface area contributed by atoms with E-state index < -0.39 is 0 Å². The topological polar surface area (TPSA) is 39.9 Å². The fourth-order valence-corrected chi connectivity index (χ4v) is 2.62. The van der Waals surface area contributed by atoms with E-state index >= 15 is 0 Å². The first-order valence-corrected chi connectivity index (χ1v) is 7.49. The maximum atomic E-state index is 5.83. The second-order valence-electron chi connectivity index (χ2n) is 5.28. The van der Waals surface area contributed by atoms with Crippen molar-refractivity contribution in [3.8, 4) is 5.75 Å². The van der Waals surface area contributed by atoms with Gasteiger partial charge in [0.15, 0.2) is 5.82 Å². The van der Waals surface area contributed by atoms with Crippen LogP contribution in [0.5, 0.6) is 5.75 Å². The molecule has 0 atom stereocenters. The van der Waals surface area contributed by atoms with Crippen molar-refractivity contribution < 1.29 is 4.74 Å². The van der Waals surface area contributed by atoms with Crippen LogP contribution in [0, 0.1) is 0 Å². The molecule has 20 heavy (non-hydrogen) atoms. The van der Waals surface area contributed by atoms with E-state index in [4.69, 9.17) is 4.74 Å². The van der Waals surface area contributed by atoms with Crippen LogP contribution in [0.2, 0.25) is 0 Å². The normalized spacial score (nSPS) is 14.7. The van der Waals surface area contributed by atoms with Crippen LogP contribution in [0.25, 0.3) is 0 Å². The molecule has 1 aliphatic heterocycles. The lowest BCUT2D eigenvalue weighted by Gasteiger charge is -2.09. The van der Waals surface area contributed by atoms with E-state index in [0.29, 0.717) is 6.61 Å². The number of hydrogen-bond acceptors (Lipinski definition) is 3. The molecule has 0 amide bonds. The summed E-state index contributed by atoms with van der Waals surface area (Å²) in [5, 5.41) is 8.57. The third-order valence-corrected chi connectivity index (χ3v) is 3.89. The summed E-state index contributed by atoms with van der Waals surface area (Å²) < 4.78 is 8.06. The lowest BCUT2D eigenvalue weighted by Crippen LogP contribution is -2.08. The molecule has 4 nitrogen and oxygen atoms in total. The van der Waals surface area contributed by atoms with Crippen molar-refractivity contribution >= 4 is 0 Å². The number of aromatic nitrogens is 3. The molecule has 1 aliphatic rings. The van der Waals surface area contributed by atoms with Gasteiger partial charge in [0, 0.05) is 13.0 Å². The number of hydrogen-bond donors (Lipinski definition) is 0. The fraction of sp³-hybridized carbons (Fsp3) is 0.500. The van der Waals surface area contributed by atoms with Gasteiger partial charge in [-0.2, -0.15) is 0 Å². The number of ether oxygens (including phenoxy) is 1. The van der Waals surface area contributed by atoms with Gasteiger partial charge in [-0.05, 0) is 37.0 Å². The molecule has 2 heterocycles. The van der Waals surface area contributed by atoms with Gasteiger partial charge in [0.05, 0.1) is 0 Å². The zero-order valence-corrected chi connectivity index (χ0v) is 12.0. The van der Waals surface area contributed by atoms with Gasteiger partial charge >= 0.3 is 0 Å². The van der Waals surface area contributed by atoms with Crippen molar-refractivity contribution in [2.45, 2.75) is 52.2 Å². The van der Waals surface area contributed by atoms with Crippen LogP contribution in [-0.2, 0) is 26.0 Å². The molecule has 0 fully saturated rings. The van der Waals surface area contributed by atoms with Crippen molar-refractivity contribution in [1.29, 1.82) is 0 Å². The van der Waals surface area contributed by atoms with Gasteiger partial charge in [-0.15, -0.1) is 10.2 Å². The number of rotatable bonds is 4. The van der Waals surface area contributed by atoms with E-state index in [9.17, 15) is 0 Å². The van der Waals surface area contributed by atoms with Crippen LogP contribution in [-0.4, -0.2) is 14.8 Å². The van der Waals surface area contributed by atoms with Gasteiger partial charge in [-0.25, -0.2) is 0 Å². The fourth-order valence-electron chi connectivity index (χ4n) is 2.62. The number of aryl methyl sites for hydroxylation is 2. The van der Waals surface area contributed by atoms with E-state index in [2.05, 4.69) is 33.8 Å². The first-order chi connectivity index (χ1) is 9.86. The quantitative estimate of drug-likeness (QED) is 0.857. The van der Waals surface area contributed by atoms with E-state index in [0.717, 1.165) is 36.8 Å². The Morgan fingerprint density at radius 2 is 1.95 bits per heavy atom. The molecule has 1 aromatic heterocycles. The standard InChI is InChI=1S/C16H21N3O/c1-2-13-7-9-14(10-8-13)20-12-16-18-17-15-6-4-3-5-11-19(15)16/h7-10H,2-6,11-12H2,1H3. The Morgan fingerprint density at radius 1 is 1.10 bits per heavy atom. The molecule has 0 saturated carbocycles. The Labute approximate surface area is 119 Å². The van der Waals surface area contributed by atoms with Crippen molar-refractivity contribution in [2.75, 3.05) is 0 Å². The van der Waals surface area contributed by atoms with Gasteiger partial charge in [-0.1, -0.05) is 25.5 Å². The number of fused-ring (bicyclic) bond motifs is 1. The van der Waals surface area contributed by atoms with E-state index in [1.54, 1.807) is 0 Å². The van der Waals surface area contributed by atoms with Crippen LogP contribution < -0.4 is 4.74 Å². The van der Waals surface area contributed by atoms with E-state index in [-0.39, 0.29) is 0 Å². The number of benzene rings is 1. The van der Waals surface area contributed by atoms with Crippen molar-refractivity contribution in [3.63, 3.8) is 0 Å². The summed E-state index contributed by atoms with van der Waals surface area (Å²) in [5.41, 5.74) is 1.33. The SMILES string of the molecule is CCc1ccc(OCc2nnc3n2CCCCC3)cc1. The molecule has 1 aromatic carbocycles. The average Bonchev–Trinajstić information content (AvgIpc) is 2.72. The number of nitrogens with zero attached hydrogens (tertiary/aromatic N) is 3. The van der Waals surface area contributed by atoms with Crippen molar-refractivity contribution in [2.24, 2.45) is 0 Å². The second kappa shape index (κ2) is 6.07. The predicted octanol–water partition coefficient (Wildman–Crippen LogP) is 3.15. The Morgan fingerprint density at radius 3 is 2.75 bits per heavy atom. The summed E-state index contributed by atoms with van der Waals surface area (Å²) in [6.07, 6.45) is 5.80. The van der Waals surface area contributed by atoms with Gasteiger partial charge in [0.25, 0.3) is 0 Å². The van der Waals surface area contributed by atoms with Crippen LogP contribution in [0.4, 0.5) is 0 Å². The van der Waals surface area contributed by atoms with Crippen LogP contribution in [0.15, 0.2) is 24.3 Å². The van der Waals surface area contributed by atoms with Gasteiger partial charge in [0.1, 0.15) is 18.2 Å². The summed E-state index contributed by atoms with van der Waals surface area (Å²) in [4.78, 5) is 0. The van der Waals surface area contributed by atoms with Crippen molar-refractivity contribution in [3.05, 3.63) is 41.5 Å². The Kier molecular flexibility index (Phi) is 4.00. The highest BCUT2D eigenvalue weighted by Crippen LogP contribution is 2.17.